The van der Waals surface area contributed by atoms with Crippen LogP contribution in [0.25, 0.3) is 0 Å². The Bertz CT molecular complexity index is 550. The molecule has 2 rings (SSSR count). The Balaban J connectivity index is 2.12. The van der Waals surface area contributed by atoms with Gasteiger partial charge in [-0.05, 0) is 32.1 Å². The lowest BCUT2D eigenvalue weighted by atomic mass is 10.3. The lowest BCUT2D eigenvalue weighted by Crippen LogP contribution is -2.36. The number of sulfonamides is 1. The Morgan fingerprint density at radius 2 is 2.28 bits per heavy atom. The number of likely N-dealkylation sites (N-methyl/N-ethyl adjacent to an activating group) is 1. The van der Waals surface area contributed by atoms with E-state index in [0.29, 0.717) is 6.54 Å². The van der Waals surface area contributed by atoms with E-state index < -0.39 is 16.0 Å². The maximum atomic E-state index is 11.9. The highest BCUT2D eigenvalue weighted by Crippen LogP contribution is 2.16. The molecule has 8 heteroatoms. The number of aromatic carboxylic acids is 1. The highest BCUT2D eigenvalue weighted by molar-refractivity contribution is 7.89. The third-order valence-electron chi connectivity index (χ3n) is 2.77. The number of rotatable bonds is 4. The maximum Gasteiger partial charge on any atom is 0.371 e. The molecule has 18 heavy (non-hydrogen) atoms. The second-order valence-corrected chi connectivity index (χ2v) is 5.94. The smallest absolute Gasteiger partial charge is 0.371 e. The van der Waals surface area contributed by atoms with Gasteiger partial charge in [0.15, 0.2) is 0 Å². The molecule has 2 N–H and O–H groups in total. The van der Waals surface area contributed by atoms with Crippen molar-refractivity contribution in [2.45, 2.75) is 17.6 Å². The summed E-state index contributed by atoms with van der Waals surface area (Å²) in [7, 11) is -1.88. The molecule has 1 atom stereocenters. The van der Waals surface area contributed by atoms with E-state index in [-0.39, 0.29) is 16.9 Å². The van der Waals surface area contributed by atoms with Crippen molar-refractivity contribution in [3.63, 3.8) is 0 Å². The van der Waals surface area contributed by atoms with Gasteiger partial charge in [0, 0.05) is 12.6 Å². The van der Waals surface area contributed by atoms with Crippen LogP contribution in [0.5, 0.6) is 0 Å². The summed E-state index contributed by atoms with van der Waals surface area (Å²) in [6, 6.07) is 2.10. The number of furan rings is 1. The fourth-order valence-electron chi connectivity index (χ4n) is 1.89. The molecule has 1 aliphatic heterocycles. The van der Waals surface area contributed by atoms with Crippen LogP contribution in [0.4, 0.5) is 0 Å². The molecule has 1 aromatic heterocycles. The van der Waals surface area contributed by atoms with E-state index in [1.54, 1.807) is 0 Å². The van der Waals surface area contributed by atoms with Crippen molar-refractivity contribution < 1.29 is 22.7 Å². The molecular formula is C10H14N2O5S. The predicted octanol–water partition coefficient (Wildman–Crippen LogP) is -0.0398. The van der Waals surface area contributed by atoms with Gasteiger partial charge >= 0.3 is 5.97 Å². The largest absolute Gasteiger partial charge is 0.475 e. The number of carbonyl (C=O) groups is 1. The fraction of sp³-hybridized carbons (Fsp3) is 0.500. The second kappa shape index (κ2) is 4.71. The summed E-state index contributed by atoms with van der Waals surface area (Å²) < 4.78 is 31.1. The van der Waals surface area contributed by atoms with Crippen LogP contribution in [0.15, 0.2) is 21.6 Å². The number of nitrogens with zero attached hydrogens (tertiary/aromatic N) is 1. The number of carboxylic acids is 1. The van der Waals surface area contributed by atoms with E-state index in [0.717, 1.165) is 25.1 Å². The number of nitrogens with one attached hydrogen (secondary N) is 1. The summed E-state index contributed by atoms with van der Waals surface area (Å²) in [4.78, 5) is 12.6. The molecule has 0 bridgehead atoms. The Kier molecular flexibility index (Phi) is 3.42. The molecule has 0 aliphatic carbocycles. The number of carboxylic acid groups (broad SMARTS) is 1. The Morgan fingerprint density at radius 1 is 1.56 bits per heavy atom. The quantitative estimate of drug-likeness (QED) is 0.799. The minimum absolute atomic E-state index is 0.168. The Hall–Kier alpha value is -1.38. The highest BCUT2D eigenvalue weighted by Gasteiger charge is 2.28. The predicted molar refractivity (Wildman–Crippen MR) is 61.9 cm³/mol. The van der Waals surface area contributed by atoms with E-state index in [1.165, 1.54) is 0 Å². The first-order chi connectivity index (χ1) is 8.38. The van der Waals surface area contributed by atoms with Gasteiger partial charge in [0.2, 0.25) is 10.9 Å². The van der Waals surface area contributed by atoms with Gasteiger partial charge in [-0.25, -0.2) is 17.9 Å². The maximum absolute atomic E-state index is 11.9. The van der Waals surface area contributed by atoms with Gasteiger partial charge in [-0.15, -0.1) is 0 Å². The first-order valence-corrected chi connectivity index (χ1v) is 6.91. The molecule has 0 saturated carbocycles. The zero-order valence-corrected chi connectivity index (χ0v) is 10.6. The van der Waals surface area contributed by atoms with Crippen molar-refractivity contribution in [3.05, 3.63) is 17.9 Å². The molecule has 1 saturated heterocycles. The zero-order valence-electron chi connectivity index (χ0n) is 9.79. The Morgan fingerprint density at radius 3 is 2.78 bits per heavy atom. The SMILES string of the molecule is CN1CCC(NS(=O)(=O)c2ccc(C(=O)O)o2)C1. The average Bonchev–Trinajstić information content (AvgIpc) is 2.86. The molecule has 1 fully saturated rings. The summed E-state index contributed by atoms with van der Waals surface area (Å²) in [5.41, 5.74) is 0. The van der Waals surface area contributed by atoms with E-state index in [9.17, 15) is 13.2 Å². The standard InChI is InChI=1S/C10H14N2O5S/c1-12-5-4-7(6-12)11-18(15,16)9-3-2-8(17-9)10(13)14/h2-3,7,11H,4-6H2,1H3,(H,13,14). The lowest BCUT2D eigenvalue weighted by molar-refractivity contribution is 0.0656. The van der Waals surface area contributed by atoms with Crippen molar-refractivity contribution in [1.82, 2.24) is 9.62 Å². The third kappa shape index (κ3) is 2.71. The van der Waals surface area contributed by atoms with Crippen LogP contribution in [0.3, 0.4) is 0 Å². The zero-order chi connectivity index (χ0) is 13.3. The van der Waals surface area contributed by atoms with E-state index in [2.05, 4.69) is 4.72 Å². The average molecular weight is 274 g/mol. The summed E-state index contributed by atoms with van der Waals surface area (Å²) in [5, 5.41) is 8.30. The molecule has 7 nitrogen and oxygen atoms in total. The highest BCUT2D eigenvalue weighted by atomic mass is 32.2. The summed E-state index contributed by atoms with van der Waals surface area (Å²) in [6.07, 6.45) is 0.724. The summed E-state index contributed by atoms with van der Waals surface area (Å²) in [5.74, 6) is -1.68. The van der Waals surface area contributed by atoms with Crippen LogP contribution in [0.1, 0.15) is 17.0 Å². The normalized spacial score (nSPS) is 21.3. The monoisotopic (exact) mass is 274 g/mol. The number of hydrogen-bond donors (Lipinski definition) is 2. The molecule has 100 valence electrons. The molecule has 0 aromatic carbocycles. The van der Waals surface area contributed by atoms with Crippen molar-refractivity contribution in [2.24, 2.45) is 0 Å². The Labute approximate surface area is 104 Å². The van der Waals surface area contributed by atoms with Crippen LogP contribution >= 0.6 is 0 Å². The fourth-order valence-corrected chi connectivity index (χ4v) is 3.08. The van der Waals surface area contributed by atoms with Crippen molar-refractivity contribution in [3.8, 4) is 0 Å². The first kappa shape index (κ1) is 13.1. The molecule has 0 amide bonds. The lowest BCUT2D eigenvalue weighted by Gasteiger charge is -2.11. The van der Waals surface area contributed by atoms with Crippen LogP contribution in [0.2, 0.25) is 0 Å². The number of likely N-dealkylation sites (tertiary alicyclic amines) is 1. The van der Waals surface area contributed by atoms with E-state index in [4.69, 9.17) is 9.52 Å². The summed E-state index contributed by atoms with van der Waals surface area (Å²) in [6.45, 7) is 1.46. The number of hydrogen-bond acceptors (Lipinski definition) is 5. The van der Waals surface area contributed by atoms with Crippen molar-refractivity contribution in [1.29, 1.82) is 0 Å². The van der Waals surface area contributed by atoms with Gasteiger partial charge in [-0.1, -0.05) is 0 Å². The minimum Gasteiger partial charge on any atom is -0.475 e. The van der Waals surface area contributed by atoms with Crippen molar-refractivity contribution >= 4 is 16.0 Å². The van der Waals surface area contributed by atoms with Gasteiger partial charge in [0.1, 0.15) is 0 Å². The van der Waals surface area contributed by atoms with Crippen LogP contribution in [-0.2, 0) is 10.0 Å². The molecule has 2 heterocycles. The minimum atomic E-state index is -3.79. The second-order valence-electron chi connectivity index (χ2n) is 4.29. The van der Waals surface area contributed by atoms with Crippen LogP contribution in [0, 0.1) is 0 Å². The van der Waals surface area contributed by atoms with Gasteiger partial charge in [-0.2, -0.15) is 0 Å². The molecule has 1 unspecified atom stereocenters. The first-order valence-electron chi connectivity index (χ1n) is 5.42. The van der Waals surface area contributed by atoms with Gasteiger partial charge in [-0.3, -0.25) is 0 Å². The van der Waals surface area contributed by atoms with Gasteiger partial charge in [0.05, 0.1) is 0 Å². The van der Waals surface area contributed by atoms with E-state index in [1.807, 2.05) is 11.9 Å². The topological polar surface area (TPSA) is 99.9 Å². The molecular weight excluding hydrogens is 260 g/mol. The molecule has 1 aromatic rings. The van der Waals surface area contributed by atoms with Crippen LogP contribution < -0.4 is 4.72 Å². The molecule has 0 spiro atoms. The summed E-state index contributed by atoms with van der Waals surface area (Å²) >= 11 is 0. The van der Waals surface area contributed by atoms with Gasteiger partial charge < -0.3 is 14.4 Å². The molecule has 1 aliphatic rings. The van der Waals surface area contributed by atoms with Gasteiger partial charge in [0.25, 0.3) is 10.0 Å². The van der Waals surface area contributed by atoms with Crippen LogP contribution in [-0.4, -0.2) is 50.6 Å². The third-order valence-corrected chi connectivity index (χ3v) is 4.16. The molecule has 0 radical (unpaired) electrons. The van der Waals surface area contributed by atoms with E-state index >= 15 is 0 Å². The van der Waals surface area contributed by atoms with Crippen molar-refractivity contribution in [2.75, 3.05) is 20.1 Å².